The second-order valence-electron chi connectivity index (χ2n) is 6.47. The Bertz CT molecular complexity index is 953. The summed E-state index contributed by atoms with van der Waals surface area (Å²) in [7, 11) is 3.20. The quantitative estimate of drug-likeness (QED) is 0.791. The first-order valence-corrected chi connectivity index (χ1v) is 9.63. The van der Waals surface area contributed by atoms with Gasteiger partial charge in [0.2, 0.25) is 0 Å². The Morgan fingerprint density at radius 2 is 1.69 bits per heavy atom. The van der Waals surface area contributed by atoms with Crippen molar-refractivity contribution in [2.24, 2.45) is 9.98 Å². The minimum atomic E-state index is -0.324. The predicted octanol–water partition coefficient (Wildman–Crippen LogP) is 4.33. The summed E-state index contributed by atoms with van der Waals surface area (Å²) < 4.78 is 10.8. The maximum atomic E-state index is 12.3. The normalized spacial score (nSPS) is 15.4. The van der Waals surface area contributed by atoms with Crippen LogP contribution in [-0.2, 0) is 0 Å². The predicted molar refractivity (Wildman–Crippen MR) is 115 cm³/mol. The summed E-state index contributed by atoms with van der Waals surface area (Å²) in [4.78, 5) is 22.0. The summed E-state index contributed by atoms with van der Waals surface area (Å²) in [5.74, 6) is 1.45. The Morgan fingerprint density at radius 1 is 1.00 bits per heavy atom. The van der Waals surface area contributed by atoms with Gasteiger partial charge in [-0.25, -0.2) is 9.79 Å². The van der Waals surface area contributed by atoms with E-state index >= 15 is 0 Å². The van der Waals surface area contributed by atoms with Crippen molar-refractivity contribution in [3.8, 4) is 11.5 Å². The van der Waals surface area contributed by atoms with Gasteiger partial charge in [-0.15, -0.1) is 0 Å². The van der Waals surface area contributed by atoms with Gasteiger partial charge in [-0.2, -0.15) is 0 Å². The zero-order valence-corrected chi connectivity index (χ0v) is 17.2. The van der Waals surface area contributed by atoms with E-state index < -0.39 is 0 Å². The van der Waals surface area contributed by atoms with Crippen molar-refractivity contribution < 1.29 is 14.3 Å². The van der Waals surface area contributed by atoms with Gasteiger partial charge in [0.1, 0.15) is 5.84 Å². The van der Waals surface area contributed by atoms with E-state index in [1.54, 1.807) is 14.2 Å². The molecule has 1 heterocycles. The second kappa shape index (κ2) is 9.23. The lowest BCUT2D eigenvalue weighted by molar-refractivity contribution is 0.245. The number of amidine groups is 1. The number of nitrogens with one attached hydrogen (secondary N) is 2. The molecule has 1 aliphatic heterocycles. The van der Waals surface area contributed by atoms with Crippen LogP contribution in [0.1, 0.15) is 31.7 Å². The zero-order chi connectivity index (χ0) is 20.8. The van der Waals surface area contributed by atoms with Gasteiger partial charge >= 0.3 is 6.03 Å². The molecular weight excluding hydrogens is 368 g/mol. The first-order valence-electron chi connectivity index (χ1n) is 9.63. The SMILES string of the molecule is CCNC(=O)NC1=Nc2ccccc2N=C(CC)C1c1ccc(OC)c(OC)c1. The van der Waals surface area contributed by atoms with Crippen LogP contribution in [0.5, 0.6) is 11.5 Å². The molecule has 0 aliphatic carbocycles. The maximum absolute atomic E-state index is 12.3. The molecule has 0 aromatic heterocycles. The lowest BCUT2D eigenvalue weighted by atomic mass is 9.90. The number of ether oxygens (including phenoxy) is 2. The fourth-order valence-electron chi connectivity index (χ4n) is 3.31. The third kappa shape index (κ3) is 4.39. The minimum Gasteiger partial charge on any atom is -0.493 e. The molecule has 0 spiro atoms. The number of carbonyl (C=O) groups is 1. The van der Waals surface area contributed by atoms with Crippen LogP contribution in [0.25, 0.3) is 0 Å². The van der Waals surface area contributed by atoms with Crippen molar-refractivity contribution in [2.75, 3.05) is 20.8 Å². The summed E-state index contributed by atoms with van der Waals surface area (Å²) >= 11 is 0. The highest BCUT2D eigenvalue weighted by molar-refractivity contribution is 6.17. The molecule has 2 amide bonds. The molecule has 1 unspecified atom stereocenters. The molecule has 0 saturated heterocycles. The molecule has 2 aromatic carbocycles. The highest BCUT2D eigenvalue weighted by atomic mass is 16.5. The number of rotatable bonds is 5. The zero-order valence-electron chi connectivity index (χ0n) is 17.2. The van der Waals surface area contributed by atoms with Gasteiger partial charge in [0.25, 0.3) is 0 Å². The molecule has 0 bridgehead atoms. The van der Waals surface area contributed by atoms with E-state index in [1.807, 2.05) is 56.3 Å². The van der Waals surface area contributed by atoms with Crippen LogP contribution in [0, 0.1) is 0 Å². The molecule has 2 N–H and O–H groups in total. The molecule has 7 nitrogen and oxygen atoms in total. The lowest BCUT2D eigenvalue weighted by Crippen LogP contribution is -2.43. The van der Waals surface area contributed by atoms with Crippen LogP contribution in [0.15, 0.2) is 52.4 Å². The van der Waals surface area contributed by atoms with E-state index in [0.29, 0.717) is 36.0 Å². The highest BCUT2D eigenvalue weighted by Gasteiger charge is 2.28. The van der Waals surface area contributed by atoms with Crippen molar-refractivity contribution in [2.45, 2.75) is 26.2 Å². The first kappa shape index (κ1) is 20.4. The molecular formula is C22H26N4O3. The fraction of sp³-hybridized carbons (Fsp3) is 0.318. The van der Waals surface area contributed by atoms with Crippen molar-refractivity contribution in [3.05, 3.63) is 48.0 Å². The van der Waals surface area contributed by atoms with Crippen LogP contribution in [0.4, 0.5) is 16.2 Å². The van der Waals surface area contributed by atoms with Crippen LogP contribution in [0.3, 0.4) is 0 Å². The topological polar surface area (TPSA) is 84.3 Å². The number of nitrogens with zero attached hydrogens (tertiary/aromatic N) is 2. The van der Waals surface area contributed by atoms with Gasteiger partial charge < -0.3 is 14.8 Å². The molecule has 7 heteroatoms. The average Bonchev–Trinajstić information content (AvgIpc) is 2.89. The Morgan fingerprint density at radius 3 is 2.31 bits per heavy atom. The highest BCUT2D eigenvalue weighted by Crippen LogP contribution is 2.37. The van der Waals surface area contributed by atoms with Crippen LogP contribution < -0.4 is 20.1 Å². The van der Waals surface area contributed by atoms with E-state index in [1.165, 1.54) is 0 Å². The van der Waals surface area contributed by atoms with Gasteiger partial charge in [-0.05, 0) is 43.2 Å². The number of para-hydroxylation sites is 2. The van der Waals surface area contributed by atoms with E-state index in [-0.39, 0.29) is 11.9 Å². The lowest BCUT2D eigenvalue weighted by Gasteiger charge is -2.22. The third-order valence-corrected chi connectivity index (χ3v) is 4.68. The third-order valence-electron chi connectivity index (χ3n) is 4.68. The van der Waals surface area contributed by atoms with E-state index in [2.05, 4.69) is 10.6 Å². The number of fused-ring (bicyclic) bond motifs is 1. The van der Waals surface area contributed by atoms with Crippen molar-refractivity contribution in [1.29, 1.82) is 0 Å². The molecule has 2 aromatic rings. The van der Waals surface area contributed by atoms with Crippen molar-refractivity contribution in [3.63, 3.8) is 0 Å². The van der Waals surface area contributed by atoms with E-state index in [4.69, 9.17) is 19.5 Å². The molecule has 0 saturated carbocycles. The van der Waals surface area contributed by atoms with E-state index in [9.17, 15) is 4.79 Å². The number of hydrogen-bond donors (Lipinski definition) is 2. The van der Waals surface area contributed by atoms with Gasteiger partial charge in [0.05, 0.1) is 31.5 Å². The monoisotopic (exact) mass is 394 g/mol. The smallest absolute Gasteiger partial charge is 0.320 e. The maximum Gasteiger partial charge on any atom is 0.320 e. The van der Waals surface area contributed by atoms with Crippen LogP contribution >= 0.6 is 0 Å². The number of amides is 2. The molecule has 0 radical (unpaired) electrons. The largest absolute Gasteiger partial charge is 0.493 e. The molecule has 152 valence electrons. The van der Waals surface area contributed by atoms with Crippen molar-refractivity contribution >= 4 is 29.0 Å². The number of carbonyl (C=O) groups excluding carboxylic acids is 1. The molecule has 1 atom stereocenters. The Labute approximate surface area is 170 Å². The molecule has 29 heavy (non-hydrogen) atoms. The summed E-state index contributed by atoms with van der Waals surface area (Å²) in [6.45, 7) is 4.43. The molecule has 1 aliphatic rings. The molecule has 0 fully saturated rings. The summed E-state index contributed by atoms with van der Waals surface area (Å²) in [6.07, 6.45) is 0.698. The van der Waals surface area contributed by atoms with Crippen molar-refractivity contribution in [1.82, 2.24) is 10.6 Å². The van der Waals surface area contributed by atoms with Crippen LogP contribution in [0.2, 0.25) is 0 Å². The number of methoxy groups -OCH3 is 2. The van der Waals surface area contributed by atoms with Gasteiger partial charge in [0, 0.05) is 12.3 Å². The number of benzene rings is 2. The summed E-state index contributed by atoms with van der Waals surface area (Å²) in [5, 5.41) is 5.69. The minimum absolute atomic E-state index is 0.299. The Balaban J connectivity index is 2.16. The number of aliphatic imine (C=N–C) groups is 2. The van der Waals surface area contributed by atoms with E-state index in [0.717, 1.165) is 17.0 Å². The average molecular weight is 394 g/mol. The summed E-state index contributed by atoms with van der Waals surface area (Å²) in [5.41, 5.74) is 3.31. The van der Waals surface area contributed by atoms with Gasteiger partial charge in [-0.1, -0.05) is 25.1 Å². The number of urea groups is 1. The standard InChI is InChI=1S/C22H26N4O3/c1-5-15-20(14-11-12-18(28-3)19(13-14)29-4)21(26-22(27)23-6-2)25-17-10-8-7-9-16(17)24-15/h7-13,20H,5-6H2,1-4H3,(H2,23,25,26,27). The Hall–Kier alpha value is -3.35. The fourth-order valence-corrected chi connectivity index (χ4v) is 3.31. The number of hydrogen-bond acceptors (Lipinski definition) is 5. The summed E-state index contributed by atoms with van der Waals surface area (Å²) in [6, 6.07) is 13.1. The second-order valence-corrected chi connectivity index (χ2v) is 6.47. The van der Waals surface area contributed by atoms with Gasteiger partial charge in [0.15, 0.2) is 11.5 Å². The Kier molecular flexibility index (Phi) is 6.49. The van der Waals surface area contributed by atoms with Crippen LogP contribution in [-0.4, -0.2) is 38.3 Å². The molecule has 3 rings (SSSR count). The van der Waals surface area contributed by atoms with Gasteiger partial charge in [-0.3, -0.25) is 10.3 Å². The first-order chi connectivity index (χ1) is 14.1.